The molecule has 6 nitrogen and oxygen atoms in total. The topological polar surface area (TPSA) is 67.9 Å². The molecule has 6 heteroatoms. The third-order valence-corrected chi connectivity index (χ3v) is 4.88. The van der Waals surface area contributed by atoms with Crippen LogP contribution < -0.4 is 19.7 Å². The van der Waals surface area contributed by atoms with Crippen molar-refractivity contribution in [3.63, 3.8) is 0 Å². The van der Waals surface area contributed by atoms with Gasteiger partial charge in [0.15, 0.2) is 11.5 Å². The van der Waals surface area contributed by atoms with Crippen molar-refractivity contribution in [3.8, 4) is 11.5 Å². The van der Waals surface area contributed by atoms with Crippen molar-refractivity contribution in [2.75, 3.05) is 25.7 Å². The third kappa shape index (κ3) is 3.32. The highest BCUT2D eigenvalue weighted by Crippen LogP contribution is 2.33. The number of anilines is 1. The van der Waals surface area contributed by atoms with Gasteiger partial charge in [-0.15, -0.1) is 0 Å². The summed E-state index contributed by atoms with van der Waals surface area (Å²) >= 11 is 0. The van der Waals surface area contributed by atoms with Gasteiger partial charge in [-0.25, -0.2) is 0 Å². The van der Waals surface area contributed by atoms with Crippen molar-refractivity contribution < 1.29 is 19.1 Å². The normalized spacial score (nSPS) is 21.2. The Bertz CT molecular complexity index is 625. The summed E-state index contributed by atoms with van der Waals surface area (Å²) in [6.07, 6.45) is 4.52. The summed E-state index contributed by atoms with van der Waals surface area (Å²) in [4.78, 5) is 26.3. The molecule has 0 unspecified atom stereocenters. The monoisotopic (exact) mass is 332 g/mol. The van der Waals surface area contributed by atoms with E-state index in [0.717, 1.165) is 31.4 Å². The Morgan fingerprint density at radius 1 is 1.17 bits per heavy atom. The van der Waals surface area contributed by atoms with Crippen LogP contribution in [0.2, 0.25) is 0 Å². The van der Waals surface area contributed by atoms with Crippen LogP contribution in [0.1, 0.15) is 32.1 Å². The minimum Gasteiger partial charge on any atom is -0.493 e. The largest absolute Gasteiger partial charge is 0.493 e. The van der Waals surface area contributed by atoms with E-state index in [-0.39, 0.29) is 23.8 Å². The van der Waals surface area contributed by atoms with Crippen LogP contribution in [0, 0.1) is 5.92 Å². The van der Waals surface area contributed by atoms with Crippen LogP contribution in [-0.2, 0) is 9.59 Å². The van der Waals surface area contributed by atoms with E-state index in [0.29, 0.717) is 24.5 Å². The lowest BCUT2D eigenvalue weighted by molar-refractivity contribution is -0.125. The molecule has 24 heavy (non-hydrogen) atoms. The van der Waals surface area contributed by atoms with Gasteiger partial charge < -0.3 is 19.7 Å². The molecule has 1 aliphatic carbocycles. The van der Waals surface area contributed by atoms with Crippen LogP contribution in [0.25, 0.3) is 0 Å². The maximum absolute atomic E-state index is 12.3. The van der Waals surface area contributed by atoms with Crippen LogP contribution >= 0.6 is 0 Å². The summed E-state index contributed by atoms with van der Waals surface area (Å²) < 4.78 is 10.5. The predicted molar refractivity (Wildman–Crippen MR) is 90.4 cm³/mol. The number of nitrogens with one attached hydrogen (secondary N) is 1. The van der Waals surface area contributed by atoms with Crippen molar-refractivity contribution in [2.24, 2.45) is 5.92 Å². The summed E-state index contributed by atoms with van der Waals surface area (Å²) in [5.74, 6) is 1.44. The van der Waals surface area contributed by atoms with Gasteiger partial charge >= 0.3 is 0 Å². The average molecular weight is 332 g/mol. The zero-order valence-electron chi connectivity index (χ0n) is 14.2. The van der Waals surface area contributed by atoms with Crippen molar-refractivity contribution in [1.82, 2.24) is 5.32 Å². The lowest BCUT2D eigenvalue weighted by Crippen LogP contribution is -2.40. The molecule has 1 N–H and O–H groups in total. The predicted octanol–water partition coefficient (Wildman–Crippen LogP) is 2.12. The van der Waals surface area contributed by atoms with Gasteiger partial charge in [0.25, 0.3) is 0 Å². The third-order valence-electron chi connectivity index (χ3n) is 4.88. The number of ether oxygens (including phenoxy) is 2. The highest BCUT2D eigenvalue weighted by atomic mass is 16.5. The zero-order chi connectivity index (χ0) is 17.1. The Balaban J connectivity index is 1.67. The molecule has 1 saturated heterocycles. The maximum Gasteiger partial charge on any atom is 0.229 e. The highest BCUT2D eigenvalue weighted by molar-refractivity contribution is 5.97. The standard InChI is InChI=1S/C18H24N2O4/c1-23-15-8-7-14(10-16(15)24-2)20-11-13(9-17(20)21)19-18(22)12-5-3-4-6-12/h7-8,10,12-13H,3-6,9,11H2,1-2H3,(H,19,22)/t13-/m1/s1. The van der Waals surface area contributed by atoms with Crippen molar-refractivity contribution in [1.29, 1.82) is 0 Å². The molecule has 1 atom stereocenters. The molecule has 1 saturated carbocycles. The van der Waals surface area contributed by atoms with Crippen molar-refractivity contribution in [2.45, 2.75) is 38.1 Å². The molecule has 130 valence electrons. The Morgan fingerprint density at radius 2 is 1.88 bits per heavy atom. The fourth-order valence-electron chi connectivity index (χ4n) is 3.55. The van der Waals surface area contributed by atoms with Crippen LogP contribution in [-0.4, -0.2) is 38.6 Å². The first-order valence-corrected chi connectivity index (χ1v) is 8.45. The Hall–Kier alpha value is -2.24. The number of carbonyl (C=O) groups excluding carboxylic acids is 2. The van der Waals surface area contributed by atoms with Gasteiger partial charge in [0.1, 0.15) is 0 Å². The Labute approximate surface area is 142 Å². The van der Waals surface area contributed by atoms with Gasteiger partial charge in [-0.3, -0.25) is 9.59 Å². The maximum atomic E-state index is 12.3. The van der Waals surface area contributed by atoms with Gasteiger partial charge in [-0.2, -0.15) is 0 Å². The first-order valence-electron chi connectivity index (χ1n) is 8.45. The Morgan fingerprint density at radius 3 is 2.54 bits per heavy atom. The molecule has 3 rings (SSSR count). The molecular weight excluding hydrogens is 308 g/mol. The van der Waals surface area contributed by atoms with Crippen LogP contribution in [0.15, 0.2) is 18.2 Å². The van der Waals surface area contributed by atoms with Crippen molar-refractivity contribution in [3.05, 3.63) is 18.2 Å². The second-order valence-corrected chi connectivity index (χ2v) is 6.43. The van der Waals surface area contributed by atoms with E-state index in [1.54, 1.807) is 31.3 Å². The minimum absolute atomic E-state index is 0.0129. The molecule has 0 radical (unpaired) electrons. The molecule has 0 bridgehead atoms. The lowest BCUT2D eigenvalue weighted by atomic mass is 10.1. The van der Waals surface area contributed by atoms with Gasteiger partial charge in [0.2, 0.25) is 11.8 Å². The highest BCUT2D eigenvalue weighted by Gasteiger charge is 2.33. The number of amides is 2. The average Bonchev–Trinajstić information content (AvgIpc) is 3.24. The van der Waals surface area contributed by atoms with E-state index in [1.165, 1.54) is 0 Å². The molecule has 0 spiro atoms. The summed E-state index contributed by atoms with van der Waals surface area (Å²) in [5, 5.41) is 3.04. The second kappa shape index (κ2) is 7.11. The summed E-state index contributed by atoms with van der Waals surface area (Å²) in [5.41, 5.74) is 0.760. The van der Waals surface area contributed by atoms with E-state index < -0.39 is 0 Å². The van der Waals surface area contributed by atoms with Crippen LogP contribution in [0.3, 0.4) is 0 Å². The fourth-order valence-corrected chi connectivity index (χ4v) is 3.55. The van der Waals surface area contributed by atoms with E-state index in [2.05, 4.69) is 5.32 Å². The number of carbonyl (C=O) groups is 2. The zero-order valence-corrected chi connectivity index (χ0v) is 14.2. The molecule has 2 fully saturated rings. The van der Waals surface area contributed by atoms with Crippen LogP contribution in [0.5, 0.6) is 11.5 Å². The lowest BCUT2D eigenvalue weighted by Gasteiger charge is -2.19. The molecular formula is C18H24N2O4. The smallest absolute Gasteiger partial charge is 0.229 e. The van der Waals surface area contributed by atoms with Gasteiger partial charge in [-0.05, 0) is 25.0 Å². The SMILES string of the molecule is COc1ccc(N2C[C@H](NC(=O)C3CCCC3)CC2=O)cc1OC. The van der Waals surface area contributed by atoms with Gasteiger partial charge in [-0.1, -0.05) is 12.8 Å². The molecule has 0 aromatic heterocycles. The summed E-state index contributed by atoms with van der Waals surface area (Å²) in [6, 6.07) is 5.28. The quantitative estimate of drug-likeness (QED) is 0.897. The fraction of sp³-hybridized carbons (Fsp3) is 0.556. The van der Waals surface area contributed by atoms with Gasteiger partial charge in [0, 0.05) is 30.6 Å². The number of methoxy groups -OCH3 is 2. The molecule has 2 aliphatic rings. The first-order chi connectivity index (χ1) is 11.6. The number of hydrogen-bond acceptors (Lipinski definition) is 4. The molecule has 1 heterocycles. The van der Waals surface area contributed by atoms with Crippen LogP contribution in [0.4, 0.5) is 5.69 Å². The summed E-state index contributed by atoms with van der Waals surface area (Å²) in [6.45, 7) is 0.493. The molecule has 1 aliphatic heterocycles. The van der Waals surface area contributed by atoms with Gasteiger partial charge in [0.05, 0.1) is 20.3 Å². The summed E-state index contributed by atoms with van der Waals surface area (Å²) in [7, 11) is 3.14. The van der Waals surface area contributed by atoms with E-state index in [4.69, 9.17) is 9.47 Å². The number of rotatable bonds is 5. The molecule has 2 amide bonds. The second-order valence-electron chi connectivity index (χ2n) is 6.43. The number of nitrogens with zero attached hydrogens (tertiary/aromatic N) is 1. The first kappa shape index (κ1) is 16.6. The van der Waals surface area contributed by atoms with E-state index >= 15 is 0 Å². The van der Waals surface area contributed by atoms with Crippen molar-refractivity contribution >= 4 is 17.5 Å². The number of benzene rings is 1. The van der Waals surface area contributed by atoms with E-state index in [9.17, 15) is 9.59 Å². The molecule has 1 aromatic rings. The van der Waals surface area contributed by atoms with E-state index in [1.807, 2.05) is 6.07 Å². The number of hydrogen-bond donors (Lipinski definition) is 1. The molecule has 1 aromatic carbocycles. The minimum atomic E-state index is -0.126. The Kier molecular flexibility index (Phi) is 4.92.